The Hall–Kier alpha value is -1.98. The Bertz CT molecular complexity index is 1120. The molecule has 0 radical (unpaired) electrons. The molecule has 55 heavy (non-hydrogen) atoms. The smallest absolute Gasteiger partial charge is 0.315 e. The van der Waals surface area contributed by atoms with Crippen molar-refractivity contribution in [2.75, 3.05) is 25.5 Å². The van der Waals surface area contributed by atoms with Gasteiger partial charge in [-0.05, 0) is 38.5 Å². The van der Waals surface area contributed by atoms with Crippen LogP contribution in [0.3, 0.4) is 0 Å². The van der Waals surface area contributed by atoms with Gasteiger partial charge in [0.15, 0.2) is 6.29 Å². The molecule has 0 saturated carbocycles. The molecule has 14 nitrogen and oxygen atoms in total. The van der Waals surface area contributed by atoms with Crippen molar-refractivity contribution in [1.29, 1.82) is 0 Å². The number of rotatable bonds is 30. The maximum Gasteiger partial charge on any atom is 0.315 e. The zero-order valence-electron chi connectivity index (χ0n) is 33.1. The lowest BCUT2D eigenvalue weighted by molar-refractivity contribution is -0.302. The molecule has 0 unspecified atom stereocenters. The Morgan fingerprint density at radius 3 is 2.24 bits per heavy atom. The molecule has 318 valence electrons. The fourth-order valence-corrected chi connectivity index (χ4v) is 8.93. The van der Waals surface area contributed by atoms with Gasteiger partial charge in [-0.25, -0.2) is 4.79 Å². The number of carbonyl (C=O) groups excluding carboxylic acids is 3. The first-order chi connectivity index (χ1) is 26.6. The van der Waals surface area contributed by atoms with Gasteiger partial charge in [-0.1, -0.05) is 96.1 Å². The first kappa shape index (κ1) is 47.4. The summed E-state index contributed by atoms with van der Waals surface area (Å²) >= 11 is 1.88. The van der Waals surface area contributed by atoms with Gasteiger partial charge in [0.2, 0.25) is 11.8 Å². The lowest BCUT2D eigenvalue weighted by Gasteiger charge is -2.40. The van der Waals surface area contributed by atoms with Crippen LogP contribution in [0.2, 0.25) is 0 Å². The minimum absolute atomic E-state index is 0.0123. The van der Waals surface area contributed by atoms with E-state index in [9.17, 15) is 39.9 Å². The highest BCUT2D eigenvalue weighted by Crippen LogP contribution is 2.33. The Morgan fingerprint density at radius 1 is 0.873 bits per heavy atom. The van der Waals surface area contributed by atoms with Crippen molar-refractivity contribution in [3.8, 4) is 0 Å². The molecule has 0 aromatic heterocycles. The Kier molecular flexibility index (Phi) is 23.8. The van der Waals surface area contributed by atoms with Gasteiger partial charge >= 0.3 is 6.03 Å². The molecule has 0 bridgehead atoms. The van der Waals surface area contributed by atoms with E-state index in [1.54, 1.807) is 6.08 Å². The fraction of sp³-hybridized carbons (Fsp3) is 0.875. The second kappa shape index (κ2) is 27.6. The lowest BCUT2D eigenvalue weighted by atomic mass is 9.99. The van der Waals surface area contributed by atoms with E-state index in [2.05, 4.69) is 28.2 Å². The van der Waals surface area contributed by atoms with Gasteiger partial charge in [0.05, 0.1) is 37.4 Å². The fourth-order valence-electron chi connectivity index (χ4n) is 7.38. The van der Waals surface area contributed by atoms with Gasteiger partial charge in [0, 0.05) is 30.4 Å². The molecule has 4 amide bonds. The Morgan fingerprint density at radius 2 is 1.53 bits per heavy atom. The highest BCUT2D eigenvalue weighted by molar-refractivity contribution is 8.00. The minimum atomic E-state index is -1.60. The van der Waals surface area contributed by atoms with E-state index in [4.69, 9.17) is 9.47 Å². The number of ether oxygens (including phenoxy) is 2. The Labute approximate surface area is 332 Å². The van der Waals surface area contributed by atoms with Crippen molar-refractivity contribution < 1.29 is 49.4 Å². The van der Waals surface area contributed by atoms with E-state index in [0.717, 1.165) is 57.1 Å². The first-order valence-corrected chi connectivity index (χ1v) is 22.2. The molecule has 3 saturated heterocycles. The number of allylic oxidation sites excluding steroid dienone is 1. The van der Waals surface area contributed by atoms with Gasteiger partial charge in [0.1, 0.15) is 24.4 Å². The zero-order valence-corrected chi connectivity index (χ0v) is 33.9. The van der Waals surface area contributed by atoms with Crippen molar-refractivity contribution in [3.05, 3.63) is 12.2 Å². The number of aliphatic hydroxyl groups is 5. The topological polar surface area (TPSA) is 219 Å². The van der Waals surface area contributed by atoms with Crippen LogP contribution in [0.5, 0.6) is 0 Å². The van der Waals surface area contributed by atoms with E-state index in [0.29, 0.717) is 24.6 Å². The maximum atomic E-state index is 12.9. The monoisotopic (exact) mass is 800 g/mol. The van der Waals surface area contributed by atoms with Crippen LogP contribution in [0.25, 0.3) is 0 Å². The summed E-state index contributed by atoms with van der Waals surface area (Å²) in [4.78, 5) is 36.8. The van der Waals surface area contributed by atoms with E-state index < -0.39 is 49.5 Å². The van der Waals surface area contributed by atoms with Gasteiger partial charge in [0.25, 0.3) is 0 Å². The Balaban J connectivity index is 1.32. The van der Waals surface area contributed by atoms with Crippen LogP contribution in [0.1, 0.15) is 135 Å². The molecule has 0 spiro atoms. The number of unbranched alkanes of at least 4 members (excludes halogenated alkanes) is 14. The summed E-state index contributed by atoms with van der Waals surface area (Å²) in [5, 5.41) is 63.3. The normalized spacial score (nSPS) is 27.4. The molecule has 15 heteroatoms. The summed E-state index contributed by atoms with van der Waals surface area (Å²) in [6.45, 7) is 1.91. The quantitative estimate of drug-likeness (QED) is 0.0292. The van der Waals surface area contributed by atoms with Crippen LogP contribution in [-0.2, 0) is 19.1 Å². The number of aliphatic hydroxyl groups excluding tert-OH is 5. The van der Waals surface area contributed by atoms with Crippen LogP contribution < -0.4 is 21.3 Å². The number of urea groups is 1. The van der Waals surface area contributed by atoms with Crippen molar-refractivity contribution in [2.24, 2.45) is 0 Å². The van der Waals surface area contributed by atoms with Gasteiger partial charge < -0.3 is 56.3 Å². The second-order valence-electron chi connectivity index (χ2n) is 15.5. The predicted molar refractivity (Wildman–Crippen MR) is 213 cm³/mol. The second-order valence-corrected chi connectivity index (χ2v) is 16.7. The SMILES string of the molecule is CCCCCCCCCCCCC/C=C/[C@@H](O)[C@H](CO[C@@H]1O[C@H](CO)[C@H](O)[C@H](O)[C@H]1O)NC(=O)CCCCCNC(=O)CCCC[C@@H]1SC[C@@H]2NC(=O)N[C@@H]21. The number of nitrogens with one attached hydrogen (secondary N) is 4. The molecule has 0 aromatic rings. The molecule has 3 aliphatic rings. The van der Waals surface area contributed by atoms with E-state index in [-0.39, 0.29) is 43.0 Å². The highest BCUT2D eigenvalue weighted by Gasteiger charge is 2.45. The highest BCUT2D eigenvalue weighted by atomic mass is 32.2. The van der Waals surface area contributed by atoms with Crippen molar-refractivity contribution in [1.82, 2.24) is 21.3 Å². The van der Waals surface area contributed by atoms with Crippen molar-refractivity contribution >= 4 is 29.6 Å². The molecular formula is C40H72N4O10S. The van der Waals surface area contributed by atoms with Gasteiger partial charge in [-0.3, -0.25) is 9.59 Å². The minimum Gasteiger partial charge on any atom is -0.394 e. The van der Waals surface area contributed by atoms with E-state index >= 15 is 0 Å². The molecule has 9 N–H and O–H groups in total. The number of amides is 4. The molecule has 0 aromatic carbocycles. The molecule has 0 aliphatic carbocycles. The largest absolute Gasteiger partial charge is 0.394 e. The average Bonchev–Trinajstić information content (AvgIpc) is 3.73. The van der Waals surface area contributed by atoms with Crippen LogP contribution in [0.15, 0.2) is 12.2 Å². The summed E-state index contributed by atoms with van der Waals surface area (Å²) in [6, 6.07) is -0.578. The van der Waals surface area contributed by atoms with Gasteiger partial charge in [-0.15, -0.1) is 0 Å². The molecule has 3 fully saturated rings. The molecule has 10 atom stereocenters. The maximum absolute atomic E-state index is 12.9. The van der Waals surface area contributed by atoms with Gasteiger partial charge in [-0.2, -0.15) is 11.8 Å². The zero-order chi connectivity index (χ0) is 39.8. The summed E-state index contributed by atoms with van der Waals surface area (Å²) in [5.41, 5.74) is 0. The van der Waals surface area contributed by atoms with Crippen molar-refractivity contribution in [2.45, 2.75) is 196 Å². The molecule has 3 heterocycles. The number of carbonyl (C=O) groups is 3. The number of fused-ring (bicyclic) bond motifs is 1. The van der Waals surface area contributed by atoms with Crippen LogP contribution >= 0.6 is 11.8 Å². The van der Waals surface area contributed by atoms with Crippen LogP contribution in [0.4, 0.5) is 4.79 Å². The standard InChI is InChI=1S/C40H72N4O10S/c1-2-3-4-5-6-7-8-9-10-11-12-13-15-20-30(46)28(26-53-39-38(51)37(50)36(49)31(25-45)54-39)42-34(48)23-16-14-19-24-41-33(47)22-18-17-21-32-35-29(27-55-32)43-40(52)44-35/h15,20,28-32,35-39,45-46,49-51H,2-14,16-19,21-27H2,1H3,(H,41,47)(H,42,48)(H2,43,44,52)/b20-15+/t28-,29-,30+,31+,32-,35-,36-,37-,38+,39+/m0/s1. The number of hydrogen-bond acceptors (Lipinski definition) is 11. The summed E-state index contributed by atoms with van der Waals surface area (Å²) in [7, 11) is 0. The number of hydrogen-bond donors (Lipinski definition) is 9. The summed E-state index contributed by atoms with van der Waals surface area (Å²) < 4.78 is 11.1. The van der Waals surface area contributed by atoms with E-state index in [1.807, 2.05) is 17.8 Å². The summed E-state index contributed by atoms with van der Waals surface area (Å²) in [5.74, 6) is 0.651. The van der Waals surface area contributed by atoms with Crippen LogP contribution in [0, 0.1) is 0 Å². The third-order valence-electron chi connectivity index (χ3n) is 10.8. The summed E-state index contributed by atoms with van der Waals surface area (Å²) in [6.07, 6.45) is 15.1. The predicted octanol–water partition coefficient (Wildman–Crippen LogP) is 3.31. The first-order valence-electron chi connectivity index (χ1n) is 21.2. The molecule has 3 aliphatic heterocycles. The number of thioether (sulfide) groups is 1. The molecule has 3 rings (SSSR count). The van der Waals surface area contributed by atoms with Crippen LogP contribution in [-0.4, -0.2) is 129 Å². The van der Waals surface area contributed by atoms with E-state index in [1.165, 1.54) is 57.8 Å². The third kappa shape index (κ3) is 18.0. The van der Waals surface area contributed by atoms with Crippen molar-refractivity contribution in [3.63, 3.8) is 0 Å². The average molecular weight is 801 g/mol. The lowest BCUT2D eigenvalue weighted by Crippen LogP contribution is -2.60. The molecular weight excluding hydrogens is 729 g/mol. The third-order valence-corrected chi connectivity index (χ3v) is 12.3.